The Morgan fingerprint density at radius 3 is 2.91 bits per heavy atom. The maximum Gasteiger partial charge on any atom is -0.00664 e. The summed E-state index contributed by atoms with van der Waals surface area (Å²) in [4.78, 5) is 0. The number of halogens is 2. The third kappa shape index (κ3) is 2.66. The highest BCUT2D eigenvalue weighted by Gasteiger charge is 1.98. The third-order valence-corrected chi connectivity index (χ3v) is 3.72. The fraction of sp³-hybridized carbons (Fsp3) is 0. The van der Waals surface area contributed by atoms with E-state index >= 15 is 0 Å². The Bertz CT molecular complexity index is 267. The minimum atomic E-state index is 0.176. The van der Waals surface area contributed by atoms with Crippen molar-refractivity contribution < 1.29 is 0 Å². The standard InChI is InChI=1S/C9H8I2/c1-2-3-8-4-5-11-7-9(8)6-10/h2-7H,1H2/b8-3-,9-6+. The van der Waals surface area contributed by atoms with Crippen molar-refractivity contribution in [3.8, 4) is 0 Å². The van der Waals surface area contributed by atoms with Crippen molar-refractivity contribution in [1.29, 1.82) is 0 Å². The van der Waals surface area contributed by atoms with Gasteiger partial charge in [0.25, 0.3) is 0 Å². The summed E-state index contributed by atoms with van der Waals surface area (Å²) in [7, 11) is 0. The Balaban J connectivity index is 2.97. The molecule has 0 unspecified atom stereocenters. The zero-order chi connectivity index (χ0) is 8.10. The van der Waals surface area contributed by atoms with Gasteiger partial charge in [-0.05, 0) is 29.4 Å². The highest BCUT2D eigenvalue weighted by atomic mass is 127. The van der Waals surface area contributed by atoms with Gasteiger partial charge in [-0.1, -0.05) is 62.1 Å². The second-order valence-corrected chi connectivity index (χ2v) is 4.63. The normalized spacial score (nSPS) is 23.7. The monoisotopic (exact) mass is 370 g/mol. The molecular weight excluding hydrogens is 362 g/mol. The van der Waals surface area contributed by atoms with E-state index in [1.54, 1.807) is 0 Å². The van der Waals surface area contributed by atoms with Crippen LogP contribution in [-0.4, -0.2) is 4.01 Å². The van der Waals surface area contributed by atoms with Crippen LogP contribution in [0.5, 0.6) is 0 Å². The van der Waals surface area contributed by atoms with Crippen LogP contribution in [0, 0.1) is 0 Å². The summed E-state index contributed by atoms with van der Waals surface area (Å²) in [6.07, 6.45) is 6.05. The summed E-state index contributed by atoms with van der Waals surface area (Å²) in [6.45, 7) is 3.68. The fourth-order valence-electron chi connectivity index (χ4n) is 0.733. The quantitative estimate of drug-likeness (QED) is 0.618. The van der Waals surface area contributed by atoms with Crippen molar-refractivity contribution in [3.63, 3.8) is 0 Å². The Hall–Kier alpha value is 0.290. The van der Waals surface area contributed by atoms with E-state index in [0.717, 1.165) is 0 Å². The van der Waals surface area contributed by atoms with Crippen LogP contribution >= 0.6 is 43.3 Å². The van der Waals surface area contributed by atoms with E-state index in [0.29, 0.717) is 0 Å². The maximum absolute atomic E-state index is 3.68. The van der Waals surface area contributed by atoms with Crippen LogP contribution in [-0.2, 0) is 0 Å². The second kappa shape index (κ2) is 5.03. The highest BCUT2D eigenvalue weighted by Crippen LogP contribution is 2.21. The number of allylic oxidation sites excluding steroid dienone is 5. The van der Waals surface area contributed by atoms with Gasteiger partial charge in [-0.25, -0.2) is 0 Å². The van der Waals surface area contributed by atoms with Gasteiger partial charge in [0.15, 0.2) is 0 Å². The molecular formula is C9H8I2. The smallest absolute Gasteiger partial charge is 0.00664 e. The number of rotatable bonds is 1. The summed E-state index contributed by atoms with van der Waals surface area (Å²) in [5.74, 6) is 0. The molecule has 0 radical (unpaired) electrons. The summed E-state index contributed by atoms with van der Waals surface area (Å²) in [6, 6.07) is 0. The summed E-state index contributed by atoms with van der Waals surface area (Å²) < 4.78 is 6.70. The molecule has 1 heterocycles. The number of hydrogen-bond donors (Lipinski definition) is 0. The first kappa shape index (κ1) is 9.38. The van der Waals surface area contributed by atoms with Crippen LogP contribution in [0.4, 0.5) is 0 Å². The minimum absolute atomic E-state index is 0.176. The molecule has 0 spiro atoms. The molecule has 2 heteroatoms. The van der Waals surface area contributed by atoms with Gasteiger partial charge in [-0.3, -0.25) is 0 Å². The third-order valence-electron chi connectivity index (χ3n) is 1.24. The predicted octanol–water partition coefficient (Wildman–Crippen LogP) is 3.72. The molecule has 0 aromatic heterocycles. The molecule has 0 nitrogen and oxygen atoms in total. The van der Waals surface area contributed by atoms with Crippen LogP contribution in [0.3, 0.4) is 0 Å². The zero-order valence-corrected chi connectivity index (χ0v) is 10.2. The molecule has 0 aliphatic carbocycles. The molecule has 58 valence electrons. The number of hydrogen-bond acceptors (Lipinski definition) is 0. The van der Waals surface area contributed by atoms with Crippen LogP contribution in [0.2, 0.25) is 0 Å². The second-order valence-electron chi connectivity index (χ2n) is 1.95. The molecule has 0 aromatic carbocycles. The van der Waals surface area contributed by atoms with Crippen LogP contribution in [0.25, 0.3) is 0 Å². The lowest BCUT2D eigenvalue weighted by Gasteiger charge is -2.03. The van der Waals surface area contributed by atoms with Gasteiger partial charge in [0, 0.05) is 0 Å². The first-order valence-corrected chi connectivity index (χ1v) is 6.87. The Morgan fingerprint density at radius 2 is 2.27 bits per heavy atom. The molecule has 11 heavy (non-hydrogen) atoms. The van der Waals surface area contributed by atoms with Crippen LogP contribution < -0.4 is 0 Å². The first-order valence-electron chi connectivity index (χ1n) is 3.13. The van der Waals surface area contributed by atoms with Gasteiger partial charge in [0.05, 0.1) is 0 Å². The molecule has 1 aliphatic rings. The fourth-order valence-corrected chi connectivity index (χ4v) is 3.69. The molecule has 0 bridgehead atoms. The zero-order valence-electron chi connectivity index (χ0n) is 5.93. The average molecular weight is 370 g/mol. The summed E-state index contributed by atoms with van der Waals surface area (Å²) >= 11 is 2.45. The van der Waals surface area contributed by atoms with Gasteiger partial charge in [0.2, 0.25) is 0 Å². The van der Waals surface area contributed by atoms with Gasteiger partial charge >= 0.3 is 0 Å². The van der Waals surface area contributed by atoms with Gasteiger partial charge < -0.3 is 0 Å². The van der Waals surface area contributed by atoms with E-state index in [4.69, 9.17) is 0 Å². The molecule has 0 fully saturated rings. The molecule has 0 saturated carbocycles. The molecule has 0 saturated heterocycles. The Morgan fingerprint density at radius 1 is 1.45 bits per heavy atom. The molecule has 0 amide bonds. The van der Waals surface area contributed by atoms with E-state index in [1.807, 2.05) is 12.2 Å². The van der Waals surface area contributed by atoms with E-state index in [2.05, 4.69) is 47.4 Å². The van der Waals surface area contributed by atoms with E-state index < -0.39 is 0 Å². The van der Waals surface area contributed by atoms with Gasteiger partial charge in [-0.2, -0.15) is 0 Å². The van der Waals surface area contributed by atoms with Crippen molar-refractivity contribution >= 4 is 47.3 Å². The highest BCUT2D eigenvalue weighted by molar-refractivity contribution is 14.2. The molecule has 0 aromatic rings. The van der Waals surface area contributed by atoms with Crippen LogP contribution in [0.1, 0.15) is 0 Å². The topological polar surface area (TPSA) is 0 Å². The predicted molar refractivity (Wildman–Crippen MR) is 69.6 cm³/mol. The first-order chi connectivity index (χ1) is 5.38. The lowest BCUT2D eigenvalue weighted by molar-refractivity contribution is 1.67. The summed E-state index contributed by atoms with van der Waals surface area (Å²) in [5.41, 5.74) is 2.63. The van der Waals surface area contributed by atoms with Crippen molar-refractivity contribution in [2.24, 2.45) is 0 Å². The largest absolute Gasteiger partial charge is 0.0990 e. The van der Waals surface area contributed by atoms with Crippen molar-refractivity contribution in [2.45, 2.75) is 0 Å². The van der Waals surface area contributed by atoms with Crippen LogP contribution in [0.15, 0.2) is 44.1 Å². The lowest BCUT2D eigenvalue weighted by Crippen LogP contribution is -1.87. The van der Waals surface area contributed by atoms with E-state index in [1.165, 1.54) is 11.1 Å². The molecule has 1 rings (SSSR count). The average Bonchev–Trinajstić information content (AvgIpc) is 2.06. The maximum atomic E-state index is 3.68. The lowest BCUT2D eigenvalue weighted by atomic mass is 10.1. The minimum Gasteiger partial charge on any atom is -0.0990 e. The van der Waals surface area contributed by atoms with E-state index in [9.17, 15) is 0 Å². The molecule has 0 atom stereocenters. The van der Waals surface area contributed by atoms with Crippen molar-refractivity contribution in [1.82, 2.24) is 0 Å². The summed E-state index contributed by atoms with van der Waals surface area (Å²) in [5, 5.41) is 0. The van der Waals surface area contributed by atoms with Gasteiger partial charge in [0.1, 0.15) is 0 Å². The van der Waals surface area contributed by atoms with Gasteiger partial charge in [-0.15, -0.1) is 0 Å². The Kier molecular flexibility index (Phi) is 4.29. The molecule has 0 N–H and O–H groups in total. The van der Waals surface area contributed by atoms with Crippen molar-refractivity contribution in [3.05, 3.63) is 44.1 Å². The van der Waals surface area contributed by atoms with E-state index in [-0.39, 0.29) is 20.7 Å². The molecule has 1 aliphatic heterocycles. The SMILES string of the molecule is C=C/C=C1/C=CI=C/C1=C\I. The van der Waals surface area contributed by atoms with Crippen molar-refractivity contribution in [2.75, 3.05) is 0 Å². The Labute approximate surface area is 90.7 Å².